The maximum Gasteiger partial charge on any atom is 0.261 e. The minimum absolute atomic E-state index is 0.0573. The maximum absolute atomic E-state index is 12.5. The fourth-order valence-corrected chi connectivity index (χ4v) is 2.26. The van der Waals surface area contributed by atoms with Gasteiger partial charge in [-0.15, -0.1) is 0 Å². The highest BCUT2D eigenvalue weighted by molar-refractivity contribution is 5.78. The van der Waals surface area contributed by atoms with Gasteiger partial charge in [-0.2, -0.15) is 0 Å². The summed E-state index contributed by atoms with van der Waals surface area (Å²) in [6.07, 6.45) is 2.43. The molecule has 0 aliphatic carbocycles. The van der Waals surface area contributed by atoms with E-state index in [4.69, 9.17) is 0 Å². The van der Waals surface area contributed by atoms with E-state index in [-0.39, 0.29) is 24.1 Å². The number of hydrogen-bond donors (Lipinski definition) is 1. The number of nitrogens with zero attached hydrogens (tertiary/aromatic N) is 2. The summed E-state index contributed by atoms with van der Waals surface area (Å²) in [5, 5.41) is 10.1. The van der Waals surface area contributed by atoms with Crippen LogP contribution in [-0.2, 0) is 6.42 Å². The van der Waals surface area contributed by atoms with Crippen molar-refractivity contribution in [2.45, 2.75) is 33.2 Å². The Bertz CT molecular complexity index is 632. The molecule has 4 nitrogen and oxygen atoms in total. The monoisotopic (exact) mass is 260 g/mol. The van der Waals surface area contributed by atoms with Crippen molar-refractivity contribution in [3.63, 3.8) is 0 Å². The van der Waals surface area contributed by atoms with Gasteiger partial charge in [0.2, 0.25) is 0 Å². The Kier molecular flexibility index (Phi) is 4.00. The minimum Gasteiger partial charge on any atom is -0.394 e. The van der Waals surface area contributed by atoms with Crippen LogP contribution < -0.4 is 5.56 Å². The molecule has 0 saturated heterocycles. The lowest BCUT2D eigenvalue weighted by Crippen LogP contribution is -2.30. The topological polar surface area (TPSA) is 55.1 Å². The zero-order valence-corrected chi connectivity index (χ0v) is 11.6. The van der Waals surface area contributed by atoms with Gasteiger partial charge in [0, 0.05) is 0 Å². The molecule has 0 spiro atoms. The SMILES string of the molecule is CCc1ccc2ncn(C(CO)C(C)C)c(=O)c2c1. The fraction of sp³-hybridized carbons (Fsp3) is 0.467. The lowest BCUT2D eigenvalue weighted by molar-refractivity contribution is 0.189. The normalized spacial score (nSPS) is 13.1. The Morgan fingerprint density at radius 3 is 2.68 bits per heavy atom. The number of aliphatic hydroxyl groups excluding tert-OH is 1. The molecule has 0 aliphatic rings. The van der Waals surface area contributed by atoms with E-state index in [0.717, 1.165) is 12.0 Å². The van der Waals surface area contributed by atoms with Crippen LogP contribution in [0.5, 0.6) is 0 Å². The number of aromatic nitrogens is 2. The molecule has 4 heteroatoms. The maximum atomic E-state index is 12.5. The predicted molar refractivity (Wildman–Crippen MR) is 76.3 cm³/mol. The molecule has 0 radical (unpaired) electrons. The first-order valence-corrected chi connectivity index (χ1v) is 6.69. The molecule has 102 valence electrons. The molecule has 0 bridgehead atoms. The van der Waals surface area contributed by atoms with Crippen LogP contribution in [0.3, 0.4) is 0 Å². The summed E-state index contributed by atoms with van der Waals surface area (Å²) in [4.78, 5) is 16.8. The Morgan fingerprint density at radius 2 is 2.11 bits per heavy atom. The van der Waals surface area contributed by atoms with Crippen LogP contribution in [0.15, 0.2) is 29.3 Å². The number of fused-ring (bicyclic) bond motifs is 1. The van der Waals surface area contributed by atoms with Crippen molar-refractivity contribution in [3.05, 3.63) is 40.4 Å². The largest absolute Gasteiger partial charge is 0.394 e. The third-order valence-corrected chi connectivity index (χ3v) is 3.57. The van der Waals surface area contributed by atoms with E-state index in [1.54, 1.807) is 4.57 Å². The highest BCUT2D eigenvalue weighted by Crippen LogP contribution is 2.17. The Labute approximate surface area is 112 Å². The van der Waals surface area contributed by atoms with E-state index in [0.29, 0.717) is 10.9 Å². The van der Waals surface area contributed by atoms with Crippen LogP contribution >= 0.6 is 0 Å². The lowest BCUT2D eigenvalue weighted by atomic mass is 10.0. The average molecular weight is 260 g/mol. The van der Waals surface area contributed by atoms with E-state index in [1.165, 1.54) is 6.33 Å². The van der Waals surface area contributed by atoms with Gasteiger partial charge in [-0.25, -0.2) is 4.98 Å². The summed E-state index contributed by atoms with van der Waals surface area (Å²) in [5.41, 5.74) is 1.75. The molecule has 0 amide bonds. The number of hydrogen-bond acceptors (Lipinski definition) is 3. The van der Waals surface area contributed by atoms with Crippen molar-refractivity contribution in [1.82, 2.24) is 9.55 Å². The molecule has 1 aromatic carbocycles. The van der Waals surface area contributed by atoms with Gasteiger partial charge < -0.3 is 5.11 Å². The second-order valence-electron chi connectivity index (χ2n) is 5.16. The first kappa shape index (κ1) is 13.7. The molecule has 1 atom stereocenters. The van der Waals surface area contributed by atoms with Crippen molar-refractivity contribution in [2.24, 2.45) is 5.92 Å². The smallest absolute Gasteiger partial charge is 0.261 e. The van der Waals surface area contributed by atoms with Gasteiger partial charge in [0.05, 0.1) is 29.9 Å². The van der Waals surface area contributed by atoms with Crippen LogP contribution in [0.4, 0.5) is 0 Å². The molecule has 19 heavy (non-hydrogen) atoms. The third kappa shape index (κ3) is 2.54. The van der Waals surface area contributed by atoms with Crippen LogP contribution in [0, 0.1) is 5.92 Å². The van der Waals surface area contributed by atoms with Gasteiger partial charge in [0.1, 0.15) is 0 Å². The standard InChI is InChI=1S/C15H20N2O2/c1-4-11-5-6-13-12(7-11)15(19)17(9-16-13)14(8-18)10(2)3/h5-7,9-10,14,18H,4,8H2,1-3H3. The summed E-state index contributed by atoms with van der Waals surface area (Å²) < 4.78 is 1.55. The summed E-state index contributed by atoms with van der Waals surface area (Å²) >= 11 is 0. The number of aliphatic hydroxyl groups is 1. The molecule has 1 N–H and O–H groups in total. The van der Waals surface area contributed by atoms with Crippen LogP contribution in [0.2, 0.25) is 0 Å². The zero-order chi connectivity index (χ0) is 14.0. The Hall–Kier alpha value is -1.68. The first-order valence-electron chi connectivity index (χ1n) is 6.69. The molecule has 0 aliphatic heterocycles. The third-order valence-electron chi connectivity index (χ3n) is 3.57. The van der Waals surface area contributed by atoms with E-state index in [2.05, 4.69) is 11.9 Å². The predicted octanol–water partition coefficient (Wildman–Crippen LogP) is 2.15. The highest BCUT2D eigenvalue weighted by atomic mass is 16.3. The number of aryl methyl sites for hydroxylation is 1. The molecule has 0 saturated carbocycles. The van der Waals surface area contributed by atoms with Gasteiger partial charge >= 0.3 is 0 Å². The van der Waals surface area contributed by atoms with E-state index < -0.39 is 0 Å². The summed E-state index contributed by atoms with van der Waals surface area (Å²) in [6, 6.07) is 5.54. The van der Waals surface area contributed by atoms with Crippen LogP contribution in [0.1, 0.15) is 32.4 Å². The van der Waals surface area contributed by atoms with Crippen molar-refractivity contribution in [3.8, 4) is 0 Å². The van der Waals surface area contributed by atoms with Gasteiger partial charge in [-0.05, 0) is 30.0 Å². The van der Waals surface area contributed by atoms with Gasteiger partial charge in [0.15, 0.2) is 0 Å². The number of rotatable bonds is 4. The minimum atomic E-state index is -0.227. The van der Waals surface area contributed by atoms with Crippen LogP contribution in [-0.4, -0.2) is 21.3 Å². The van der Waals surface area contributed by atoms with Crippen LogP contribution in [0.25, 0.3) is 10.9 Å². The van der Waals surface area contributed by atoms with Crippen molar-refractivity contribution in [1.29, 1.82) is 0 Å². The second-order valence-corrected chi connectivity index (χ2v) is 5.16. The summed E-state index contributed by atoms with van der Waals surface area (Å²) in [5.74, 6) is 0.177. The molecule has 2 rings (SSSR count). The Balaban J connectivity index is 2.65. The van der Waals surface area contributed by atoms with E-state index >= 15 is 0 Å². The van der Waals surface area contributed by atoms with Crippen molar-refractivity contribution in [2.75, 3.05) is 6.61 Å². The average Bonchev–Trinajstić information content (AvgIpc) is 2.41. The Morgan fingerprint density at radius 1 is 1.37 bits per heavy atom. The second kappa shape index (κ2) is 5.53. The lowest BCUT2D eigenvalue weighted by Gasteiger charge is -2.21. The quantitative estimate of drug-likeness (QED) is 0.916. The molecular weight excluding hydrogens is 240 g/mol. The fourth-order valence-electron chi connectivity index (χ4n) is 2.26. The van der Waals surface area contributed by atoms with Gasteiger partial charge in [0.25, 0.3) is 5.56 Å². The van der Waals surface area contributed by atoms with E-state index in [9.17, 15) is 9.90 Å². The molecule has 2 aromatic rings. The molecule has 1 unspecified atom stereocenters. The summed E-state index contributed by atoms with van der Waals surface area (Å²) in [6.45, 7) is 5.97. The molecular formula is C15H20N2O2. The van der Waals surface area contributed by atoms with Crippen molar-refractivity contribution < 1.29 is 5.11 Å². The van der Waals surface area contributed by atoms with Gasteiger partial charge in [-0.3, -0.25) is 9.36 Å². The number of benzene rings is 1. The highest BCUT2D eigenvalue weighted by Gasteiger charge is 2.17. The molecule has 1 aromatic heterocycles. The van der Waals surface area contributed by atoms with Crippen molar-refractivity contribution >= 4 is 10.9 Å². The molecule has 0 fully saturated rings. The van der Waals surface area contributed by atoms with Gasteiger partial charge in [-0.1, -0.05) is 26.8 Å². The van der Waals surface area contributed by atoms with E-state index in [1.807, 2.05) is 32.0 Å². The first-order chi connectivity index (χ1) is 9.08. The molecule has 1 heterocycles. The zero-order valence-electron chi connectivity index (χ0n) is 11.6. The summed E-state index contributed by atoms with van der Waals surface area (Å²) in [7, 11) is 0.